The lowest BCUT2D eigenvalue weighted by Gasteiger charge is -2.33. The lowest BCUT2D eigenvalue weighted by atomic mass is 10.1. The van der Waals surface area contributed by atoms with Crippen LogP contribution < -0.4 is 10.6 Å². The van der Waals surface area contributed by atoms with Crippen molar-refractivity contribution in [2.45, 2.75) is 25.4 Å². The number of rotatable bonds is 3. The van der Waals surface area contributed by atoms with Crippen molar-refractivity contribution in [3.05, 3.63) is 52.4 Å². The van der Waals surface area contributed by atoms with Crippen LogP contribution in [0.25, 0.3) is 11.2 Å². The standard InChI is InChI=1S/C20H22N6S/c1-24-19-18(17(8-9-23-19)25-10-4-7-16(22)13-25)26(20(24)27)12-15-6-3-2-5-14(15)11-21/h2-3,5-6,8-9,16H,4,7,10,12-13,22H2,1H3. The maximum Gasteiger partial charge on any atom is 0.182 e. The molecule has 138 valence electrons. The molecule has 3 aromatic rings. The van der Waals surface area contributed by atoms with E-state index in [1.807, 2.05) is 48.1 Å². The maximum absolute atomic E-state index is 9.45. The fraction of sp³-hybridized carbons (Fsp3) is 0.350. The van der Waals surface area contributed by atoms with Crippen LogP contribution in [0.3, 0.4) is 0 Å². The van der Waals surface area contributed by atoms with Gasteiger partial charge in [-0.15, -0.1) is 0 Å². The number of pyridine rings is 1. The summed E-state index contributed by atoms with van der Waals surface area (Å²) in [6, 6.07) is 12.2. The van der Waals surface area contributed by atoms with Gasteiger partial charge in [0.25, 0.3) is 0 Å². The number of aromatic nitrogens is 3. The largest absolute Gasteiger partial charge is 0.368 e. The molecule has 1 aromatic carbocycles. The Morgan fingerprint density at radius 3 is 2.93 bits per heavy atom. The monoisotopic (exact) mass is 378 g/mol. The number of aryl methyl sites for hydroxylation is 1. The van der Waals surface area contributed by atoms with Gasteiger partial charge in [0.15, 0.2) is 10.4 Å². The SMILES string of the molecule is Cn1c(=S)n(Cc2ccccc2C#N)c2c(N3CCCC(N)C3)ccnc21. The van der Waals surface area contributed by atoms with Crippen LogP contribution in [-0.2, 0) is 13.6 Å². The number of benzene rings is 1. The third-order valence-electron chi connectivity index (χ3n) is 5.25. The van der Waals surface area contributed by atoms with E-state index in [0.29, 0.717) is 16.9 Å². The predicted molar refractivity (Wildman–Crippen MR) is 109 cm³/mol. The number of hydrogen-bond acceptors (Lipinski definition) is 5. The number of fused-ring (bicyclic) bond motifs is 1. The van der Waals surface area contributed by atoms with E-state index in [9.17, 15) is 5.26 Å². The third kappa shape index (κ3) is 3.11. The van der Waals surface area contributed by atoms with E-state index < -0.39 is 0 Å². The third-order valence-corrected chi connectivity index (χ3v) is 5.75. The number of piperidine rings is 1. The quantitative estimate of drug-likeness (QED) is 0.709. The first-order chi connectivity index (χ1) is 13.1. The second kappa shape index (κ2) is 7.14. The zero-order chi connectivity index (χ0) is 19.0. The lowest BCUT2D eigenvalue weighted by Crippen LogP contribution is -2.43. The highest BCUT2D eigenvalue weighted by Gasteiger charge is 2.22. The van der Waals surface area contributed by atoms with Crippen LogP contribution in [0.5, 0.6) is 0 Å². The van der Waals surface area contributed by atoms with Gasteiger partial charge in [-0.05, 0) is 42.8 Å². The highest BCUT2D eigenvalue weighted by molar-refractivity contribution is 7.71. The summed E-state index contributed by atoms with van der Waals surface area (Å²) < 4.78 is 4.72. The molecule has 1 aliphatic rings. The Hall–Kier alpha value is -2.69. The average Bonchev–Trinajstić information content (AvgIpc) is 2.93. The van der Waals surface area contributed by atoms with Crippen molar-refractivity contribution in [1.29, 1.82) is 5.26 Å². The first kappa shape index (κ1) is 17.7. The summed E-state index contributed by atoms with van der Waals surface area (Å²) in [5, 5.41) is 9.45. The number of anilines is 1. The molecule has 27 heavy (non-hydrogen) atoms. The van der Waals surface area contributed by atoms with Crippen molar-refractivity contribution in [3.63, 3.8) is 0 Å². The van der Waals surface area contributed by atoms with Gasteiger partial charge in [0.1, 0.15) is 5.52 Å². The smallest absolute Gasteiger partial charge is 0.182 e. The molecule has 0 spiro atoms. The number of nitriles is 1. The Kier molecular flexibility index (Phi) is 4.68. The molecule has 1 saturated heterocycles. The van der Waals surface area contributed by atoms with Gasteiger partial charge in [0, 0.05) is 32.4 Å². The minimum Gasteiger partial charge on any atom is -0.368 e. The zero-order valence-corrected chi connectivity index (χ0v) is 16.1. The van der Waals surface area contributed by atoms with Crippen molar-refractivity contribution >= 4 is 29.1 Å². The second-order valence-corrected chi connectivity index (χ2v) is 7.41. The van der Waals surface area contributed by atoms with Gasteiger partial charge in [-0.3, -0.25) is 0 Å². The summed E-state index contributed by atoms with van der Waals surface area (Å²) in [7, 11) is 1.94. The molecule has 3 heterocycles. The Morgan fingerprint density at radius 1 is 1.33 bits per heavy atom. The lowest BCUT2D eigenvalue weighted by molar-refractivity contribution is 0.506. The van der Waals surface area contributed by atoms with Gasteiger partial charge < -0.3 is 19.8 Å². The van der Waals surface area contributed by atoms with Gasteiger partial charge in [0.2, 0.25) is 0 Å². The molecule has 4 rings (SSSR count). The van der Waals surface area contributed by atoms with Crippen molar-refractivity contribution in [2.75, 3.05) is 18.0 Å². The molecule has 0 bridgehead atoms. The molecule has 0 amide bonds. The summed E-state index contributed by atoms with van der Waals surface area (Å²) >= 11 is 5.72. The normalized spacial score (nSPS) is 17.2. The van der Waals surface area contributed by atoms with Crippen LogP contribution in [0.4, 0.5) is 5.69 Å². The zero-order valence-electron chi connectivity index (χ0n) is 15.3. The summed E-state index contributed by atoms with van der Waals surface area (Å²) in [6.45, 7) is 2.34. The topological polar surface area (TPSA) is 75.8 Å². The van der Waals surface area contributed by atoms with E-state index in [4.69, 9.17) is 18.0 Å². The Morgan fingerprint density at radius 2 is 2.15 bits per heavy atom. The van der Waals surface area contributed by atoms with Crippen LogP contribution in [-0.4, -0.2) is 33.2 Å². The number of nitrogens with zero attached hydrogens (tertiary/aromatic N) is 5. The minimum atomic E-state index is 0.182. The van der Waals surface area contributed by atoms with Crippen LogP contribution in [0.1, 0.15) is 24.0 Å². The van der Waals surface area contributed by atoms with Crippen LogP contribution >= 0.6 is 12.2 Å². The van der Waals surface area contributed by atoms with Gasteiger partial charge in [-0.2, -0.15) is 5.26 Å². The molecule has 0 radical (unpaired) electrons. The molecule has 0 saturated carbocycles. The van der Waals surface area contributed by atoms with Crippen molar-refractivity contribution in [2.24, 2.45) is 12.8 Å². The van der Waals surface area contributed by atoms with Crippen LogP contribution in [0.2, 0.25) is 0 Å². The predicted octanol–water partition coefficient (Wildman–Crippen LogP) is 2.95. The molecule has 2 aromatic heterocycles. The van der Waals surface area contributed by atoms with E-state index in [0.717, 1.165) is 48.3 Å². The molecule has 1 fully saturated rings. The minimum absolute atomic E-state index is 0.182. The molecule has 2 N–H and O–H groups in total. The summed E-state index contributed by atoms with van der Waals surface area (Å²) in [5.41, 5.74) is 10.8. The second-order valence-electron chi connectivity index (χ2n) is 7.05. The van der Waals surface area contributed by atoms with Crippen molar-refractivity contribution in [1.82, 2.24) is 14.1 Å². The summed E-state index contributed by atoms with van der Waals surface area (Å²) in [4.78, 5) is 6.91. The number of imidazole rings is 1. The fourth-order valence-electron chi connectivity index (χ4n) is 3.87. The summed E-state index contributed by atoms with van der Waals surface area (Å²) in [6.07, 6.45) is 3.97. The van der Waals surface area contributed by atoms with Crippen molar-refractivity contribution in [3.8, 4) is 6.07 Å². The van der Waals surface area contributed by atoms with Crippen molar-refractivity contribution < 1.29 is 0 Å². The first-order valence-electron chi connectivity index (χ1n) is 9.13. The number of hydrogen-bond donors (Lipinski definition) is 1. The van der Waals surface area contributed by atoms with E-state index >= 15 is 0 Å². The molecule has 6 nitrogen and oxygen atoms in total. The maximum atomic E-state index is 9.45. The first-order valence-corrected chi connectivity index (χ1v) is 9.53. The van der Waals surface area contributed by atoms with Gasteiger partial charge in [0.05, 0.1) is 23.9 Å². The van der Waals surface area contributed by atoms with E-state index in [1.165, 1.54) is 0 Å². The van der Waals surface area contributed by atoms with E-state index in [-0.39, 0.29) is 6.04 Å². The van der Waals surface area contributed by atoms with E-state index in [1.54, 1.807) is 0 Å². The average molecular weight is 379 g/mol. The fourth-order valence-corrected chi connectivity index (χ4v) is 4.12. The molecule has 1 unspecified atom stereocenters. The van der Waals surface area contributed by atoms with Gasteiger partial charge in [-0.25, -0.2) is 4.98 Å². The molecular formula is C20H22N6S. The van der Waals surface area contributed by atoms with Crippen LogP contribution in [0, 0.1) is 16.1 Å². The van der Waals surface area contributed by atoms with Gasteiger partial charge in [-0.1, -0.05) is 18.2 Å². The molecule has 0 aliphatic carbocycles. The number of nitrogens with two attached hydrogens (primary N) is 1. The molecule has 1 atom stereocenters. The molecule has 7 heteroatoms. The van der Waals surface area contributed by atoms with Crippen LogP contribution in [0.15, 0.2) is 36.5 Å². The van der Waals surface area contributed by atoms with E-state index in [2.05, 4.69) is 20.5 Å². The molecule has 1 aliphatic heterocycles. The Balaban J connectivity index is 1.89. The molecular weight excluding hydrogens is 356 g/mol. The highest BCUT2D eigenvalue weighted by Crippen LogP contribution is 2.30. The Bertz CT molecular complexity index is 1090. The highest BCUT2D eigenvalue weighted by atomic mass is 32.1. The summed E-state index contributed by atoms with van der Waals surface area (Å²) in [5.74, 6) is 0. The Labute approximate surface area is 163 Å². The van der Waals surface area contributed by atoms with Gasteiger partial charge >= 0.3 is 0 Å².